The number of amides is 1. The lowest BCUT2D eigenvalue weighted by Crippen LogP contribution is -2.56. The Kier molecular flexibility index (Phi) is 13.6. The lowest BCUT2D eigenvalue weighted by atomic mass is 9.93. The number of H-pyrrole nitrogens is 1. The highest BCUT2D eigenvalue weighted by atomic mass is 19.4. The van der Waals surface area contributed by atoms with Crippen LogP contribution in [0.1, 0.15) is 53.8 Å². The number of hydrogen-bond donors (Lipinski definition) is 3. The van der Waals surface area contributed by atoms with Gasteiger partial charge in [0.1, 0.15) is 0 Å². The van der Waals surface area contributed by atoms with E-state index < -0.39 is 24.3 Å². The summed E-state index contributed by atoms with van der Waals surface area (Å²) in [6.45, 7) is 4.53. The largest absolute Gasteiger partial charge is 0.490 e. The van der Waals surface area contributed by atoms with E-state index in [2.05, 4.69) is 87.4 Å². The molecule has 1 amide bonds. The highest BCUT2D eigenvalue weighted by Crippen LogP contribution is 2.33. The van der Waals surface area contributed by atoms with Gasteiger partial charge in [-0.1, -0.05) is 98.6 Å². The maximum absolute atomic E-state index is 13.9. The molecule has 0 saturated carbocycles. The van der Waals surface area contributed by atoms with Gasteiger partial charge in [-0.2, -0.15) is 26.3 Å². The number of piperazine rings is 1. The van der Waals surface area contributed by atoms with Crippen LogP contribution < -0.4 is 0 Å². The highest BCUT2D eigenvalue weighted by Gasteiger charge is 2.39. The number of aliphatic carboxylic acids is 2. The smallest absolute Gasteiger partial charge is 0.475 e. The fourth-order valence-electron chi connectivity index (χ4n) is 6.28. The highest BCUT2D eigenvalue weighted by molar-refractivity contribution is 6.07. The Balaban J connectivity index is 0.000000381. The molecule has 282 valence electrons. The molecule has 1 unspecified atom stereocenters. The number of imidazole rings is 1. The Hall–Kier alpha value is -5.44. The molecule has 2 atom stereocenters. The normalized spacial score (nSPS) is 15.5. The van der Waals surface area contributed by atoms with Gasteiger partial charge in [-0.3, -0.25) is 9.69 Å². The third-order valence-electron chi connectivity index (χ3n) is 8.78. The molecule has 1 aliphatic heterocycles. The number of rotatable bonds is 8. The van der Waals surface area contributed by atoms with Crippen molar-refractivity contribution in [2.45, 2.75) is 57.0 Å². The molecule has 0 aliphatic carbocycles. The van der Waals surface area contributed by atoms with Crippen LogP contribution in [0.2, 0.25) is 0 Å². The summed E-state index contributed by atoms with van der Waals surface area (Å²) in [5, 5.41) is 19.0. The number of alkyl halides is 6. The number of halogens is 6. The van der Waals surface area contributed by atoms with Gasteiger partial charge in [0.15, 0.2) is 0 Å². The van der Waals surface area contributed by atoms with E-state index in [0.717, 1.165) is 60.8 Å². The quantitative estimate of drug-likeness (QED) is 0.137. The van der Waals surface area contributed by atoms with Gasteiger partial charge < -0.3 is 20.1 Å². The Morgan fingerprint density at radius 3 is 1.92 bits per heavy atom. The molecule has 1 aliphatic rings. The zero-order valence-electron chi connectivity index (χ0n) is 28.6. The Bertz CT molecular complexity index is 1950. The maximum atomic E-state index is 13.9. The molecule has 1 aromatic heterocycles. The molecule has 6 rings (SSSR count). The molecule has 5 aromatic rings. The SMILES string of the molecule is CCCC[C@H]1CN(C(=O)c2cccc3ccccc23)CCN1C(Cc1cccc2ccccc12)c1cnc[nH]1.O=C(O)C(F)(F)F.O=C(O)C(F)(F)F. The average molecular weight is 745 g/mol. The van der Waals surface area contributed by atoms with E-state index in [0.29, 0.717) is 6.54 Å². The topological polar surface area (TPSA) is 127 Å². The van der Waals surface area contributed by atoms with Crippen molar-refractivity contribution in [3.8, 4) is 0 Å². The molecule has 2 heterocycles. The number of unbranched alkanes of at least 4 members (excludes halogenated alkanes) is 1. The molecule has 0 spiro atoms. The average Bonchev–Trinajstić information content (AvgIpc) is 3.67. The second kappa shape index (κ2) is 17.9. The summed E-state index contributed by atoms with van der Waals surface area (Å²) in [4.78, 5) is 44.2. The molecule has 0 radical (unpaired) electrons. The Labute approximate surface area is 300 Å². The molecule has 15 heteroatoms. The monoisotopic (exact) mass is 744 g/mol. The number of aromatic nitrogens is 2. The molecular weight excluding hydrogens is 706 g/mol. The first kappa shape index (κ1) is 40.3. The fourth-order valence-corrected chi connectivity index (χ4v) is 6.28. The second-order valence-electron chi connectivity index (χ2n) is 12.3. The first-order valence-electron chi connectivity index (χ1n) is 16.7. The van der Waals surface area contributed by atoms with E-state index in [1.807, 2.05) is 30.5 Å². The number of carboxylic acids is 2. The van der Waals surface area contributed by atoms with Crippen molar-refractivity contribution < 1.29 is 50.9 Å². The van der Waals surface area contributed by atoms with Crippen LogP contribution in [0.15, 0.2) is 97.5 Å². The van der Waals surface area contributed by atoms with E-state index >= 15 is 0 Å². The van der Waals surface area contributed by atoms with Crippen molar-refractivity contribution in [1.82, 2.24) is 19.8 Å². The summed E-state index contributed by atoms with van der Waals surface area (Å²) in [7, 11) is 0. The van der Waals surface area contributed by atoms with Gasteiger partial charge in [-0.15, -0.1) is 0 Å². The first-order chi connectivity index (χ1) is 25.1. The van der Waals surface area contributed by atoms with Gasteiger partial charge in [0.05, 0.1) is 18.1 Å². The fraction of sp³-hybridized carbons (Fsp3) is 0.316. The minimum atomic E-state index is -5.08. The summed E-state index contributed by atoms with van der Waals surface area (Å²) in [6.07, 6.45) is -2.17. The van der Waals surface area contributed by atoms with Gasteiger partial charge in [0.2, 0.25) is 0 Å². The van der Waals surface area contributed by atoms with E-state index in [4.69, 9.17) is 19.8 Å². The molecule has 9 nitrogen and oxygen atoms in total. The van der Waals surface area contributed by atoms with Crippen molar-refractivity contribution in [2.24, 2.45) is 0 Å². The van der Waals surface area contributed by atoms with Gasteiger partial charge >= 0.3 is 24.3 Å². The van der Waals surface area contributed by atoms with E-state index in [1.165, 1.54) is 16.3 Å². The number of fused-ring (bicyclic) bond motifs is 2. The van der Waals surface area contributed by atoms with Crippen LogP contribution in [0.4, 0.5) is 26.3 Å². The lowest BCUT2D eigenvalue weighted by Gasteiger charge is -2.45. The van der Waals surface area contributed by atoms with Crippen LogP contribution in [0.25, 0.3) is 21.5 Å². The van der Waals surface area contributed by atoms with Crippen molar-refractivity contribution in [3.05, 3.63) is 114 Å². The lowest BCUT2D eigenvalue weighted by molar-refractivity contribution is -0.193. The van der Waals surface area contributed by atoms with Crippen LogP contribution in [-0.4, -0.2) is 85.9 Å². The molecule has 53 heavy (non-hydrogen) atoms. The second-order valence-corrected chi connectivity index (χ2v) is 12.3. The molecular formula is C38H38F6N4O5. The zero-order chi connectivity index (χ0) is 38.8. The minimum Gasteiger partial charge on any atom is -0.475 e. The van der Waals surface area contributed by atoms with Crippen molar-refractivity contribution in [1.29, 1.82) is 0 Å². The third-order valence-corrected chi connectivity index (χ3v) is 8.78. The Morgan fingerprint density at radius 2 is 1.36 bits per heavy atom. The predicted octanol–water partition coefficient (Wildman–Crippen LogP) is 8.28. The predicted molar refractivity (Wildman–Crippen MR) is 186 cm³/mol. The number of carboxylic acid groups (broad SMARTS) is 2. The minimum absolute atomic E-state index is 0.139. The number of benzene rings is 4. The first-order valence-corrected chi connectivity index (χ1v) is 16.7. The summed E-state index contributed by atoms with van der Waals surface area (Å²) in [5.74, 6) is -5.37. The Morgan fingerprint density at radius 1 is 0.811 bits per heavy atom. The molecule has 1 fully saturated rings. The van der Waals surface area contributed by atoms with Crippen LogP contribution >= 0.6 is 0 Å². The summed E-state index contributed by atoms with van der Waals surface area (Å²) in [6, 6.07) is 29.9. The van der Waals surface area contributed by atoms with Gasteiger partial charge in [-0.25, -0.2) is 14.6 Å². The number of nitrogens with one attached hydrogen (secondary N) is 1. The van der Waals surface area contributed by atoms with E-state index in [-0.39, 0.29) is 18.0 Å². The van der Waals surface area contributed by atoms with Gasteiger partial charge in [0.25, 0.3) is 5.91 Å². The van der Waals surface area contributed by atoms with Gasteiger partial charge in [0, 0.05) is 37.4 Å². The van der Waals surface area contributed by atoms with Crippen LogP contribution in [0.5, 0.6) is 0 Å². The van der Waals surface area contributed by atoms with Crippen LogP contribution in [0, 0.1) is 0 Å². The van der Waals surface area contributed by atoms with Gasteiger partial charge in [-0.05, 0) is 46.0 Å². The molecule has 0 bridgehead atoms. The number of nitrogens with zero attached hydrogens (tertiary/aromatic N) is 3. The third kappa shape index (κ3) is 10.8. The molecule has 3 N–H and O–H groups in total. The number of carbonyl (C=O) groups is 3. The van der Waals surface area contributed by atoms with Crippen LogP contribution in [-0.2, 0) is 16.0 Å². The van der Waals surface area contributed by atoms with E-state index in [9.17, 15) is 31.1 Å². The number of aromatic amines is 1. The number of carbonyl (C=O) groups excluding carboxylic acids is 1. The van der Waals surface area contributed by atoms with Crippen LogP contribution in [0.3, 0.4) is 0 Å². The standard InChI is InChI=1S/C34H36N4O.2C2HF3O2/c1-2-3-15-28-23-37(34(39)31-18-9-13-26-11-5-7-17-30(26)31)19-20-38(28)33(32-22-35-24-36-32)21-27-14-8-12-25-10-4-6-16-29(25)27;2*3-2(4,5)1(6)7/h4-14,16-18,22,24,28,33H,2-3,15,19-21,23H2,1H3,(H,35,36);2*(H,6,7)/t28-,33?;;/m0../s1. The summed E-state index contributed by atoms with van der Waals surface area (Å²) < 4.78 is 63.5. The van der Waals surface area contributed by atoms with E-state index in [1.54, 1.807) is 6.33 Å². The van der Waals surface area contributed by atoms with Crippen molar-refractivity contribution in [2.75, 3.05) is 19.6 Å². The molecule has 4 aromatic carbocycles. The molecule has 1 saturated heterocycles. The summed E-state index contributed by atoms with van der Waals surface area (Å²) >= 11 is 0. The van der Waals surface area contributed by atoms with Crippen molar-refractivity contribution >= 4 is 39.4 Å². The maximum Gasteiger partial charge on any atom is 0.490 e. The number of hydrogen-bond acceptors (Lipinski definition) is 5. The van der Waals surface area contributed by atoms with Crippen molar-refractivity contribution in [3.63, 3.8) is 0 Å². The zero-order valence-corrected chi connectivity index (χ0v) is 28.6. The summed E-state index contributed by atoms with van der Waals surface area (Å²) in [5.41, 5.74) is 3.28.